The minimum Gasteiger partial charge on any atom is -0.462 e. The van der Waals surface area contributed by atoms with Crippen LogP contribution >= 0.6 is 0 Å². The molecule has 0 bridgehead atoms. The molecule has 1 unspecified atom stereocenters. The summed E-state index contributed by atoms with van der Waals surface area (Å²) in [4.78, 5) is 38.5. The molecule has 0 amide bonds. The molecule has 0 fully saturated rings. The predicted molar refractivity (Wildman–Crippen MR) is 362 cm³/mol. The zero-order valence-corrected chi connectivity index (χ0v) is 54.9. The Labute approximate surface area is 515 Å². The van der Waals surface area contributed by atoms with E-state index in [1.54, 1.807) is 0 Å². The maximum absolute atomic E-state index is 13.0. The first kappa shape index (κ1) is 79.3. The molecule has 0 heterocycles. The Kier molecular flexibility index (Phi) is 67.7. The minimum absolute atomic E-state index is 0.0858. The van der Waals surface area contributed by atoms with Crippen molar-refractivity contribution in [2.24, 2.45) is 0 Å². The van der Waals surface area contributed by atoms with E-state index < -0.39 is 6.10 Å². The van der Waals surface area contributed by atoms with Crippen LogP contribution in [0.2, 0.25) is 0 Å². The Morgan fingerprint density at radius 3 is 0.735 bits per heavy atom. The van der Waals surface area contributed by atoms with Gasteiger partial charge in [0.05, 0.1) is 0 Å². The number of allylic oxidation sites excluding steroid dienone is 16. The topological polar surface area (TPSA) is 78.9 Å². The molecule has 0 rings (SSSR count). The number of hydrogen-bond donors (Lipinski definition) is 0. The first-order valence-electron chi connectivity index (χ1n) is 35.7. The molecule has 6 heteroatoms. The van der Waals surface area contributed by atoms with Gasteiger partial charge >= 0.3 is 17.9 Å². The third-order valence-electron chi connectivity index (χ3n) is 15.6. The summed E-state index contributed by atoms with van der Waals surface area (Å²) < 4.78 is 17.0. The van der Waals surface area contributed by atoms with Crippen molar-refractivity contribution in [3.63, 3.8) is 0 Å². The van der Waals surface area contributed by atoms with Crippen molar-refractivity contribution < 1.29 is 28.6 Å². The second-order valence-corrected chi connectivity index (χ2v) is 23.7. The fourth-order valence-electron chi connectivity index (χ4n) is 10.3. The van der Waals surface area contributed by atoms with E-state index in [0.29, 0.717) is 19.3 Å². The fourth-order valence-corrected chi connectivity index (χ4v) is 10.3. The van der Waals surface area contributed by atoms with Crippen molar-refractivity contribution in [2.45, 2.75) is 361 Å². The molecule has 0 aliphatic rings. The third kappa shape index (κ3) is 69.0. The summed E-state index contributed by atoms with van der Waals surface area (Å²) in [5, 5.41) is 0. The molecule has 0 aliphatic carbocycles. The molecule has 0 saturated heterocycles. The fraction of sp³-hybridized carbons (Fsp3) is 0.753. The highest BCUT2D eigenvalue weighted by Gasteiger charge is 2.19. The lowest BCUT2D eigenvalue weighted by molar-refractivity contribution is -0.167. The van der Waals surface area contributed by atoms with Gasteiger partial charge in [0.25, 0.3) is 0 Å². The van der Waals surface area contributed by atoms with E-state index in [2.05, 4.69) is 118 Å². The normalized spacial score (nSPS) is 12.7. The van der Waals surface area contributed by atoms with E-state index in [1.165, 1.54) is 186 Å². The standard InChI is InChI=1S/C77H134O6/c1-4-7-10-13-16-19-22-25-28-31-34-35-36-37-38-39-40-41-44-46-49-52-55-58-61-64-67-70-76(79)82-73-74(83-77(80)71-68-65-62-59-56-53-50-47-43-33-30-27-24-21-18-15-12-9-6-3)72-81-75(78)69-66-63-60-57-54-51-48-45-42-32-29-26-23-20-17-14-11-8-5-2/h8-9,11-12,17-18,20-21,26-27,29-30,42-43,45,47,74H,4-7,10,13-16,19,22-25,28,31-41,44,46,48-73H2,1-3H3/b11-8-,12-9-,20-17-,21-18-,29-26-,30-27-,45-42-,47-43-. The maximum atomic E-state index is 13.0. The van der Waals surface area contributed by atoms with Crippen LogP contribution in [0.1, 0.15) is 355 Å². The van der Waals surface area contributed by atoms with Gasteiger partial charge in [0.1, 0.15) is 13.2 Å². The Balaban J connectivity index is 4.33. The Morgan fingerprint density at radius 2 is 0.470 bits per heavy atom. The van der Waals surface area contributed by atoms with Gasteiger partial charge in [-0.25, -0.2) is 0 Å². The van der Waals surface area contributed by atoms with E-state index in [9.17, 15) is 14.4 Å². The minimum atomic E-state index is -0.794. The molecule has 0 aromatic rings. The number of esters is 3. The van der Waals surface area contributed by atoms with Gasteiger partial charge in [-0.2, -0.15) is 0 Å². The first-order chi connectivity index (χ1) is 41.0. The van der Waals surface area contributed by atoms with Crippen LogP contribution in [0.5, 0.6) is 0 Å². The molecule has 83 heavy (non-hydrogen) atoms. The van der Waals surface area contributed by atoms with Crippen LogP contribution in [0.3, 0.4) is 0 Å². The molecule has 478 valence electrons. The Bertz CT molecular complexity index is 1610. The number of carbonyl (C=O) groups excluding carboxylic acids is 3. The van der Waals surface area contributed by atoms with Gasteiger partial charge in [-0.1, -0.05) is 336 Å². The Hall–Kier alpha value is -3.67. The molecular weight excluding hydrogens is 1020 g/mol. The maximum Gasteiger partial charge on any atom is 0.306 e. The molecule has 0 radical (unpaired) electrons. The van der Waals surface area contributed by atoms with Crippen LogP contribution in [-0.2, 0) is 28.6 Å². The summed E-state index contributed by atoms with van der Waals surface area (Å²) in [7, 11) is 0. The number of rotatable bonds is 65. The average molecular weight is 1160 g/mol. The number of unbranched alkanes of at least 4 members (excludes halogenated alkanes) is 38. The molecule has 0 spiro atoms. The van der Waals surface area contributed by atoms with E-state index in [0.717, 1.165) is 128 Å². The molecule has 0 aromatic heterocycles. The van der Waals surface area contributed by atoms with Crippen molar-refractivity contribution >= 4 is 17.9 Å². The van der Waals surface area contributed by atoms with Crippen LogP contribution in [0, 0.1) is 0 Å². The lowest BCUT2D eigenvalue weighted by atomic mass is 10.0. The van der Waals surface area contributed by atoms with Gasteiger partial charge in [-0.05, 0) is 96.3 Å². The van der Waals surface area contributed by atoms with Gasteiger partial charge < -0.3 is 14.2 Å². The van der Waals surface area contributed by atoms with Crippen LogP contribution < -0.4 is 0 Å². The highest BCUT2D eigenvalue weighted by atomic mass is 16.6. The number of hydrogen-bond acceptors (Lipinski definition) is 6. The van der Waals surface area contributed by atoms with Crippen molar-refractivity contribution in [2.75, 3.05) is 13.2 Å². The van der Waals surface area contributed by atoms with E-state index in [-0.39, 0.29) is 31.1 Å². The SMILES string of the molecule is CC/C=C\C/C=C\C/C=C\C/C=C\CCCCCCCCC(=O)OCC(COC(=O)CCCCCCCCCCCCCCCCCCCCCCCCCCCCC)OC(=O)CCCCCCCC/C=C\C/C=C\C/C=C\C/C=C\CC. The van der Waals surface area contributed by atoms with Gasteiger partial charge in [-0.3, -0.25) is 14.4 Å². The predicted octanol–water partition coefficient (Wildman–Crippen LogP) is 24.8. The van der Waals surface area contributed by atoms with Crippen LogP contribution in [-0.4, -0.2) is 37.2 Å². The smallest absolute Gasteiger partial charge is 0.306 e. The lowest BCUT2D eigenvalue weighted by Gasteiger charge is -2.18. The van der Waals surface area contributed by atoms with Crippen LogP contribution in [0.25, 0.3) is 0 Å². The van der Waals surface area contributed by atoms with Crippen molar-refractivity contribution in [3.8, 4) is 0 Å². The summed E-state index contributed by atoms with van der Waals surface area (Å²) >= 11 is 0. The van der Waals surface area contributed by atoms with E-state index in [4.69, 9.17) is 14.2 Å². The summed E-state index contributed by atoms with van der Waals surface area (Å²) in [5.74, 6) is -0.897. The van der Waals surface area contributed by atoms with Gasteiger partial charge in [-0.15, -0.1) is 0 Å². The van der Waals surface area contributed by atoms with Crippen LogP contribution in [0.4, 0.5) is 0 Å². The zero-order valence-electron chi connectivity index (χ0n) is 54.9. The number of ether oxygens (including phenoxy) is 3. The monoisotopic (exact) mass is 1160 g/mol. The summed E-state index contributed by atoms with van der Waals surface area (Å²) in [6.07, 6.45) is 95.8. The Morgan fingerprint density at radius 1 is 0.253 bits per heavy atom. The largest absolute Gasteiger partial charge is 0.462 e. The second kappa shape index (κ2) is 70.8. The molecule has 6 nitrogen and oxygen atoms in total. The summed E-state index contributed by atoms with van der Waals surface area (Å²) in [6, 6.07) is 0. The van der Waals surface area contributed by atoms with Crippen LogP contribution in [0.15, 0.2) is 97.2 Å². The molecule has 0 saturated carbocycles. The van der Waals surface area contributed by atoms with E-state index in [1.807, 2.05) is 0 Å². The quantitative estimate of drug-likeness (QED) is 0.0261. The van der Waals surface area contributed by atoms with Crippen molar-refractivity contribution in [1.82, 2.24) is 0 Å². The van der Waals surface area contributed by atoms with Gasteiger partial charge in [0.15, 0.2) is 6.10 Å². The zero-order chi connectivity index (χ0) is 59.9. The summed E-state index contributed by atoms with van der Waals surface area (Å²) in [5.41, 5.74) is 0. The second-order valence-electron chi connectivity index (χ2n) is 23.7. The van der Waals surface area contributed by atoms with Gasteiger partial charge in [0.2, 0.25) is 0 Å². The highest BCUT2D eigenvalue weighted by molar-refractivity contribution is 5.71. The van der Waals surface area contributed by atoms with Crippen molar-refractivity contribution in [3.05, 3.63) is 97.2 Å². The number of carbonyl (C=O) groups is 3. The van der Waals surface area contributed by atoms with Gasteiger partial charge in [0, 0.05) is 19.3 Å². The lowest BCUT2D eigenvalue weighted by Crippen LogP contribution is -2.30. The summed E-state index contributed by atoms with van der Waals surface area (Å²) in [6.45, 7) is 6.44. The molecule has 0 N–H and O–H groups in total. The first-order valence-corrected chi connectivity index (χ1v) is 35.7. The molecule has 0 aliphatic heterocycles. The highest BCUT2D eigenvalue weighted by Crippen LogP contribution is 2.18. The van der Waals surface area contributed by atoms with E-state index >= 15 is 0 Å². The molecule has 1 atom stereocenters. The molecular formula is C77H134O6. The average Bonchev–Trinajstić information content (AvgIpc) is 3.50. The van der Waals surface area contributed by atoms with Crippen molar-refractivity contribution in [1.29, 1.82) is 0 Å². The third-order valence-corrected chi connectivity index (χ3v) is 15.6. The molecule has 0 aromatic carbocycles.